The quantitative estimate of drug-likeness (QED) is 0.650. The van der Waals surface area contributed by atoms with E-state index in [4.69, 9.17) is 14.2 Å². The zero-order valence-corrected chi connectivity index (χ0v) is 9.69. The fraction of sp³-hybridized carbons (Fsp3) is 0.615. The number of hydrogen-bond donors (Lipinski definition) is 0. The number of esters is 1. The summed E-state index contributed by atoms with van der Waals surface area (Å²) in [6.45, 7) is 1.16. The van der Waals surface area contributed by atoms with Gasteiger partial charge in [0.15, 0.2) is 12.2 Å². The third-order valence-electron chi connectivity index (χ3n) is 3.42. The molecular weight excluding hydrogens is 220 g/mol. The van der Waals surface area contributed by atoms with Gasteiger partial charge in [-0.05, 0) is 37.3 Å². The second-order valence-corrected chi connectivity index (χ2v) is 4.58. The molecule has 0 radical (unpaired) electrons. The summed E-state index contributed by atoms with van der Waals surface area (Å²) < 4.78 is 16.7. The first-order chi connectivity index (χ1) is 8.34. The normalized spacial score (nSPS) is 32.8. The van der Waals surface area contributed by atoms with Gasteiger partial charge >= 0.3 is 5.97 Å². The first kappa shape index (κ1) is 10.8. The van der Waals surface area contributed by atoms with Crippen molar-refractivity contribution in [2.24, 2.45) is 0 Å². The van der Waals surface area contributed by atoms with Crippen molar-refractivity contribution < 1.29 is 19.0 Å². The number of rotatable bonds is 1. The first-order valence-corrected chi connectivity index (χ1v) is 6.20. The van der Waals surface area contributed by atoms with Crippen molar-refractivity contribution in [1.82, 2.24) is 0 Å². The highest BCUT2D eigenvalue weighted by Crippen LogP contribution is 2.33. The monoisotopic (exact) mass is 236 g/mol. The van der Waals surface area contributed by atoms with Crippen LogP contribution >= 0.6 is 0 Å². The van der Waals surface area contributed by atoms with E-state index in [1.165, 1.54) is 24.5 Å². The minimum atomic E-state index is -0.314. The highest BCUT2D eigenvalue weighted by molar-refractivity contribution is 5.84. The Morgan fingerprint density at radius 3 is 2.71 bits per heavy atom. The van der Waals surface area contributed by atoms with E-state index < -0.39 is 0 Å². The molecule has 4 nitrogen and oxygen atoms in total. The molecule has 0 aromatic rings. The summed E-state index contributed by atoms with van der Waals surface area (Å²) >= 11 is 0. The molecule has 92 valence electrons. The molecule has 0 spiro atoms. The lowest BCUT2D eigenvalue weighted by molar-refractivity contribution is -0.148. The molecule has 1 aliphatic carbocycles. The van der Waals surface area contributed by atoms with Gasteiger partial charge in [-0.3, -0.25) is 0 Å². The lowest BCUT2D eigenvalue weighted by Crippen LogP contribution is -2.37. The van der Waals surface area contributed by atoms with Crippen molar-refractivity contribution >= 4 is 5.97 Å². The Balaban J connectivity index is 1.83. The zero-order valence-electron chi connectivity index (χ0n) is 9.69. The van der Waals surface area contributed by atoms with Gasteiger partial charge in [0.1, 0.15) is 12.4 Å². The lowest BCUT2D eigenvalue weighted by atomic mass is 10.0. The molecule has 0 aromatic heterocycles. The number of carbonyl (C=O) groups excluding carboxylic acids is 1. The molecule has 1 saturated heterocycles. The topological polar surface area (TPSA) is 44.8 Å². The van der Waals surface area contributed by atoms with E-state index in [-0.39, 0.29) is 18.2 Å². The van der Waals surface area contributed by atoms with Crippen molar-refractivity contribution in [3.05, 3.63) is 23.5 Å². The van der Waals surface area contributed by atoms with E-state index in [1.807, 2.05) is 0 Å². The minimum absolute atomic E-state index is 0.237. The van der Waals surface area contributed by atoms with Crippen LogP contribution in [0.3, 0.4) is 0 Å². The first-order valence-electron chi connectivity index (χ1n) is 6.20. The zero-order chi connectivity index (χ0) is 11.7. The molecule has 17 heavy (non-hydrogen) atoms. The van der Waals surface area contributed by atoms with Crippen LogP contribution in [0.2, 0.25) is 0 Å². The van der Waals surface area contributed by atoms with Crippen LogP contribution in [-0.2, 0) is 19.0 Å². The van der Waals surface area contributed by atoms with Crippen LogP contribution in [0.4, 0.5) is 0 Å². The number of carbonyl (C=O) groups is 1. The third-order valence-corrected chi connectivity index (χ3v) is 3.42. The number of ether oxygens (including phenoxy) is 3. The molecule has 0 bridgehead atoms. The van der Waals surface area contributed by atoms with Crippen LogP contribution in [0.1, 0.15) is 25.7 Å². The summed E-state index contributed by atoms with van der Waals surface area (Å²) in [7, 11) is 0. The summed E-state index contributed by atoms with van der Waals surface area (Å²) in [6.07, 6.45) is 7.27. The Morgan fingerprint density at radius 2 is 2.00 bits per heavy atom. The van der Waals surface area contributed by atoms with E-state index in [0.29, 0.717) is 13.2 Å². The van der Waals surface area contributed by atoms with E-state index in [1.54, 1.807) is 6.08 Å². The van der Waals surface area contributed by atoms with Gasteiger partial charge in [-0.1, -0.05) is 0 Å². The molecule has 2 fully saturated rings. The second-order valence-electron chi connectivity index (χ2n) is 4.58. The summed E-state index contributed by atoms with van der Waals surface area (Å²) in [5.41, 5.74) is 1.34. The Labute approximate surface area is 100 Å². The van der Waals surface area contributed by atoms with Gasteiger partial charge in [-0.2, -0.15) is 0 Å². The van der Waals surface area contributed by atoms with Gasteiger partial charge in [0.25, 0.3) is 0 Å². The van der Waals surface area contributed by atoms with Crippen molar-refractivity contribution in [1.29, 1.82) is 0 Å². The molecular formula is C13H16O4. The predicted molar refractivity (Wildman–Crippen MR) is 60.2 cm³/mol. The van der Waals surface area contributed by atoms with E-state index in [0.717, 1.165) is 18.6 Å². The van der Waals surface area contributed by atoms with Gasteiger partial charge in [-0.25, -0.2) is 4.79 Å². The molecule has 1 saturated carbocycles. The maximum atomic E-state index is 11.1. The summed E-state index contributed by atoms with van der Waals surface area (Å²) in [4.78, 5) is 11.1. The Kier molecular flexibility index (Phi) is 2.89. The molecule has 0 aromatic carbocycles. The lowest BCUT2D eigenvalue weighted by Gasteiger charge is -2.30. The molecule has 2 unspecified atom stereocenters. The van der Waals surface area contributed by atoms with Crippen LogP contribution in [0.25, 0.3) is 0 Å². The SMILES string of the molecule is O=C1C=CC(C2OCCOC2=C2CCCC2)O1. The maximum Gasteiger partial charge on any atom is 0.331 e. The van der Waals surface area contributed by atoms with Crippen molar-refractivity contribution in [3.8, 4) is 0 Å². The molecule has 4 heteroatoms. The molecule has 0 N–H and O–H groups in total. The van der Waals surface area contributed by atoms with Crippen LogP contribution in [-0.4, -0.2) is 31.4 Å². The molecule has 3 rings (SSSR count). The summed E-state index contributed by atoms with van der Waals surface area (Å²) in [6, 6.07) is 0. The molecule has 3 aliphatic rings. The van der Waals surface area contributed by atoms with Gasteiger partial charge < -0.3 is 14.2 Å². The summed E-state index contributed by atoms with van der Waals surface area (Å²) in [5, 5.41) is 0. The van der Waals surface area contributed by atoms with Crippen LogP contribution in [0, 0.1) is 0 Å². The van der Waals surface area contributed by atoms with Crippen molar-refractivity contribution in [2.75, 3.05) is 13.2 Å². The molecule has 2 atom stereocenters. The Bertz CT molecular complexity index is 375. The van der Waals surface area contributed by atoms with E-state index >= 15 is 0 Å². The third kappa shape index (κ3) is 2.09. The number of hydrogen-bond acceptors (Lipinski definition) is 4. The Morgan fingerprint density at radius 1 is 1.18 bits per heavy atom. The second kappa shape index (κ2) is 4.53. The standard InChI is InChI=1S/C13H16O4/c14-11-6-5-10(17-11)13-12(15-7-8-16-13)9-3-1-2-4-9/h5-6,10,13H,1-4,7-8H2. The fourth-order valence-electron chi connectivity index (χ4n) is 2.63. The van der Waals surface area contributed by atoms with Gasteiger partial charge in [0.2, 0.25) is 0 Å². The minimum Gasteiger partial charge on any atom is -0.493 e. The smallest absolute Gasteiger partial charge is 0.331 e. The number of allylic oxidation sites excluding steroid dienone is 1. The fourth-order valence-corrected chi connectivity index (χ4v) is 2.63. The van der Waals surface area contributed by atoms with Crippen LogP contribution in [0.15, 0.2) is 23.5 Å². The Hall–Kier alpha value is -1.29. The van der Waals surface area contributed by atoms with Crippen LogP contribution in [0.5, 0.6) is 0 Å². The average molecular weight is 236 g/mol. The van der Waals surface area contributed by atoms with E-state index in [9.17, 15) is 4.79 Å². The predicted octanol–water partition coefficient (Wildman–Crippen LogP) is 1.71. The molecule has 2 heterocycles. The van der Waals surface area contributed by atoms with E-state index in [2.05, 4.69) is 0 Å². The average Bonchev–Trinajstić information content (AvgIpc) is 3.00. The van der Waals surface area contributed by atoms with Gasteiger partial charge in [-0.15, -0.1) is 0 Å². The maximum absolute atomic E-state index is 11.1. The van der Waals surface area contributed by atoms with Crippen molar-refractivity contribution in [2.45, 2.75) is 37.9 Å². The van der Waals surface area contributed by atoms with Gasteiger partial charge in [0, 0.05) is 6.08 Å². The number of cyclic esters (lactones) is 1. The highest BCUT2D eigenvalue weighted by atomic mass is 16.6. The highest BCUT2D eigenvalue weighted by Gasteiger charge is 2.35. The molecule has 0 amide bonds. The largest absolute Gasteiger partial charge is 0.493 e. The van der Waals surface area contributed by atoms with Gasteiger partial charge in [0.05, 0.1) is 6.61 Å². The molecule has 2 aliphatic heterocycles. The summed E-state index contributed by atoms with van der Waals surface area (Å²) in [5.74, 6) is 0.623. The van der Waals surface area contributed by atoms with Crippen LogP contribution < -0.4 is 0 Å². The van der Waals surface area contributed by atoms with Crippen molar-refractivity contribution in [3.63, 3.8) is 0 Å².